The molecule has 0 fully saturated rings. The Morgan fingerprint density at radius 3 is 2.76 bits per heavy atom. The van der Waals surface area contributed by atoms with Crippen LogP contribution in [0.1, 0.15) is 12.5 Å². The van der Waals surface area contributed by atoms with Crippen LogP contribution in [0.25, 0.3) is 0 Å². The van der Waals surface area contributed by atoms with Crippen LogP contribution in [0.3, 0.4) is 0 Å². The minimum absolute atomic E-state index is 0.0696. The normalized spacial score (nSPS) is 10.1. The van der Waals surface area contributed by atoms with Gasteiger partial charge in [0.2, 0.25) is 5.91 Å². The van der Waals surface area contributed by atoms with E-state index in [0.717, 1.165) is 5.56 Å². The van der Waals surface area contributed by atoms with Crippen molar-refractivity contribution in [1.82, 2.24) is 10.2 Å². The lowest BCUT2D eigenvalue weighted by Gasteiger charge is -2.03. The van der Waals surface area contributed by atoms with Gasteiger partial charge in [-0.05, 0) is 17.7 Å². The van der Waals surface area contributed by atoms with Gasteiger partial charge in [0.05, 0.1) is 4.92 Å². The van der Waals surface area contributed by atoms with Gasteiger partial charge in [-0.1, -0.05) is 23.9 Å². The standard InChI is InChI=1S/C13H12N4O3S/c1-9(18)14-12-5-6-13(16-15-12)21-8-10-3-2-4-11(7-10)17(19)20/h2-7H,8H2,1H3,(H,14,15,18). The van der Waals surface area contributed by atoms with Crippen LogP contribution in [0.15, 0.2) is 41.4 Å². The lowest BCUT2D eigenvalue weighted by molar-refractivity contribution is -0.384. The van der Waals surface area contributed by atoms with Gasteiger partial charge in [0, 0.05) is 24.8 Å². The summed E-state index contributed by atoms with van der Waals surface area (Å²) in [5, 5.41) is 21.7. The second kappa shape index (κ2) is 6.80. The van der Waals surface area contributed by atoms with Gasteiger partial charge < -0.3 is 5.32 Å². The van der Waals surface area contributed by atoms with Crippen molar-refractivity contribution in [2.45, 2.75) is 17.7 Å². The quantitative estimate of drug-likeness (QED) is 0.518. The maximum absolute atomic E-state index is 10.9. The maximum atomic E-state index is 10.9. The Labute approximate surface area is 124 Å². The van der Waals surface area contributed by atoms with Gasteiger partial charge in [-0.25, -0.2) is 0 Å². The molecule has 0 saturated heterocycles. The molecule has 1 N–H and O–H groups in total. The molecule has 0 spiro atoms. The van der Waals surface area contributed by atoms with E-state index in [2.05, 4.69) is 15.5 Å². The lowest BCUT2D eigenvalue weighted by Crippen LogP contribution is -2.07. The molecule has 0 aliphatic heterocycles. The molecule has 7 nitrogen and oxygen atoms in total. The number of anilines is 1. The summed E-state index contributed by atoms with van der Waals surface area (Å²) in [4.78, 5) is 21.1. The molecular weight excluding hydrogens is 292 g/mol. The van der Waals surface area contributed by atoms with E-state index in [-0.39, 0.29) is 11.6 Å². The molecule has 1 heterocycles. The number of nitro groups is 1. The fraction of sp³-hybridized carbons (Fsp3) is 0.154. The fourth-order valence-corrected chi connectivity index (χ4v) is 2.32. The number of rotatable bonds is 5. The van der Waals surface area contributed by atoms with Gasteiger partial charge in [0.15, 0.2) is 5.82 Å². The maximum Gasteiger partial charge on any atom is 0.269 e. The van der Waals surface area contributed by atoms with Gasteiger partial charge in [-0.3, -0.25) is 14.9 Å². The Bertz CT molecular complexity index is 661. The van der Waals surface area contributed by atoms with Crippen molar-refractivity contribution in [2.75, 3.05) is 5.32 Å². The molecule has 2 rings (SSSR count). The molecule has 0 bridgehead atoms. The molecule has 0 atom stereocenters. The number of carbonyl (C=O) groups excluding carboxylic acids is 1. The van der Waals surface area contributed by atoms with Gasteiger partial charge >= 0.3 is 0 Å². The summed E-state index contributed by atoms with van der Waals surface area (Å²) in [6.45, 7) is 1.40. The summed E-state index contributed by atoms with van der Waals surface area (Å²) in [5.74, 6) is 0.735. The third-order valence-corrected chi connectivity index (χ3v) is 3.44. The molecule has 1 aromatic carbocycles. The third-order valence-electron chi connectivity index (χ3n) is 2.45. The average Bonchev–Trinajstić information content (AvgIpc) is 2.46. The Balaban J connectivity index is 1.98. The van der Waals surface area contributed by atoms with Crippen LogP contribution in [0.2, 0.25) is 0 Å². The third kappa shape index (κ3) is 4.53. The minimum atomic E-state index is -0.420. The number of carbonyl (C=O) groups is 1. The van der Waals surface area contributed by atoms with Crippen molar-refractivity contribution >= 4 is 29.2 Å². The Hall–Kier alpha value is -2.48. The number of amides is 1. The first-order chi connectivity index (χ1) is 10.0. The number of nitrogens with zero attached hydrogens (tertiary/aromatic N) is 3. The molecule has 2 aromatic rings. The molecule has 0 saturated carbocycles. The van der Waals surface area contributed by atoms with Gasteiger partial charge in [0.1, 0.15) is 5.03 Å². The van der Waals surface area contributed by atoms with Gasteiger partial charge in [-0.15, -0.1) is 10.2 Å². The summed E-state index contributed by atoms with van der Waals surface area (Å²) >= 11 is 1.41. The van der Waals surface area contributed by atoms with Crippen molar-refractivity contribution < 1.29 is 9.72 Å². The SMILES string of the molecule is CC(=O)Nc1ccc(SCc2cccc([N+](=O)[O-])c2)nn1. The molecule has 21 heavy (non-hydrogen) atoms. The zero-order chi connectivity index (χ0) is 15.2. The Kier molecular flexibility index (Phi) is 4.83. The Morgan fingerprint density at radius 2 is 2.14 bits per heavy atom. The average molecular weight is 304 g/mol. The van der Waals surface area contributed by atoms with E-state index in [1.165, 1.54) is 30.8 Å². The molecule has 0 unspecified atom stereocenters. The van der Waals surface area contributed by atoms with Crippen molar-refractivity contribution in [2.24, 2.45) is 0 Å². The summed E-state index contributed by atoms with van der Waals surface area (Å²) in [6, 6.07) is 9.85. The minimum Gasteiger partial charge on any atom is -0.309 e. The van der Waals surface area contributed by atoms with Crippen LogP contribution in [-0.2, 0) is 10.5 Å². The van der Waals surface area contributed by atoms with Crippen LogP contribution in [0.5, 0.6) is 0 Å². The van der Waals surface area contributed by atoms with Crippen LogP contribution in [-0.4, -0.2) is 21.0 Å². The van der Waals surface area contributed by atoms with Crippen molar-refractivity contribution in [3.8, 4) is 0 Å². The van der Waals surface area contributed by atoms with Crippen molar-refractivity contribution in [3.63, 3.8) is 0 Å². The summed E-state index contributed by atoms with van der Waals surface area (Å²) in [5.41, 5.74) is 0.905. The number of nitrogens with one attached hydrogen (secondary N) is 1. The molecule has 0 aliphatic rings. The molecule has 0 aliphatic carbocycles. The number of thioether (sulfide) groups is 1. The van der Waals surface area contributed by atoms with Crippen molar-refractivity contribution in [1.29, 1.82) is 0 Å². The van der Waals surface area contributed by atoms with Crippen LogP contribution >= 0.6 is 11.8 Å². The van der Waals surface area contributed by atoms with E-state index in [0.29, 0.717) is 16.6 Å². The zero-order valence-electron chi connectivity index (χ0n) is 11.1. The van der Waals surface area contributed by atoms with Crippen molar-refractivity contribution in [3.05, 3.63) is 52.1 Å². The van der Waals surface area contributed by atoms with Gasteiger partial charge in [0.25, 0.3) is 5.69 Å². The van der Waals surface area contributed by atoms with E-state index < -0.39 is 4.92 Å². The monoisotopic (exact) mass is 304 g/mol. The largest absolute Gasteiger partial charge is 0.309 e. The van der Waals surface area contributed by atoms with Crippen LogP contribution < -0.4 is 5.32 Å². The second-order valence-electron chi connectivity index (χ2n) is 4.15. The van der Waals surface area contributed by atoms with Gasteiger partial charge in [-0.2, -0.15) is 0 Å². The smallest absolute Gasteiger partial charge is 0.269 e. The second-order valence-corrected chi connectivity index (χ2v) is 5.15. The first-order valence-electron chi connectivity index (χ1n) is 6.02. The van der Waals surface area contributed by atoms with Crippen LogP contribution in [0, 0.1) is 10.1 Å². The highest BCUT2D eigenvalue weighted by molar-refractivity contribution is 7.98. The molecule has 1 aromatic heterocycles. The van der Waals surface area contributed by atoms with E-state index in [4.69, 9.17) is 0 Å². The first kappa shape index (κ1) is 14.9. The molecular formula is C13H12N4O3S. The predicted molar refractivity (Wildman–Crippen MR) is 79.0 cm³/mol. The molecule has 8 heteroatoms. The first-order valence-corrected chi connectivity index (χ1v) is 7.00. The summed E-state index contributed by atoms with van der Waals surface area (Å²) in [7, 11) is 0. The lowest BCUT2D eigenvalue weighted by atomic mass is 10.2. The topological polar surface area (TPSA) is 98.0 Å². The zero-order valence-corrected chi connectivity index (χ0v) is 12.0. The van der Waals surface area contributed by atoms with Crippen LogP contribution in [0.4, 0.5) is 11.5 Å². The summed E-state index contributed by atoms with van der Waals surface area (Å²) < 4.78 is 0. The fourth-order valence-electron chi connectivity index (χ4n) is 1.56. The van der Waals surface area contributed by atoms with E-state index in [1.54, 1.807) is 18.2 Å². The summed E-state index contributed by atoms with van der Waals surface area (Å²) in [6.07, 6.45) is 0. The number of non-ortho nitro benzene ring substituents is 1. The van der Waals surface area contributed by atoms with E-state index >= 15 is 0 Å². The van der Waals surface area contributed by atoms with E-state index in [1.807, 2.05) is 6.07 Å². The number of benzene rings is 1. The number of nitro benzene ring substituents is 1. The number of hydrogen-bond donors (Lipinski definition) is 1. The highest BCUT2D eigenvalue weighted by Gasteiger charge is 2.06. The molecule has 1 amide bonds. The highest BCUT2D eigenvalue weighted by atomic mass is 32.2. The number of aromatic nitrogens is 2. The highest BCUT2D eigenvalue weighted by Crippen LogP contribution is 2.23. The predicted octanol–water partition coefficient (Wildman–Crippen LogP) is 2.64. The Morgan fingerprint density at radius 1 is 1.33 bits per heavy atom. The molecule has 108 valence electrons. The molecule has 0 radical (unpaired) electrons. The number of hydrogen-bond acceptors (Lipinski definition) is 6. The van der Waals surface area contributed by atoms with E-state index in [9.17, 15) is 14.9 Å².